The van der Waals surface area contributed by atoms with Crippen LogP contribution in [0.15, 0.2) is 59.5 Å². The van der Waals surface area contributed by atoms with Gasteiger partial charge < -0.3 is 5.32 Å². The van der Waals surface area contributed by atoms with Crippen molar-refractivity contribution in [3.8, 4) is 0 Å². The molecule has 0 bridgehead atoms. The lowest BCUT2D eigenvalue weighted by atomic mass is 10.1. The fourth-order valence-electron chi connectivity index (χ4n) is 2.75. The van der Waals surface area contributed by atoms with Crippen molar-refractivity contribution in [1.82, 2.24) is 4.31 Å². The molecule has 2 rings (SSSR count). The number of hydrogen-bond acceptors (Lipinski definition) is 3. The number of unbranched alkanes of at least 4 members (excludes halogenated alkanes) is 3. The van der Waals surface area contributed by atoms with Crippen molar-refractivity contribution in [2.24, 2.45) is 0 Å². The van der Waals surface area contributed by atoms with E-state index in [-0.39, 0.29) is 10.8 Å². The van der Waals surface area contributed by atoms with Crippen LogP contribution >= 0.6 is 0 Å². The van der Waals surface area contributed by atoms with E-state index in [9.17, 15) is 13.2 Å². The molecule has 1 amide bonds. The van der Waals surface area contributed by atoms with Crippen molar-refractivity contribution >= 4 is 21.6 Å². The molecule has 2 aromatic rings. The molecule has 0 fully saturated rings. The highest BCUT2D eigenvalue weighted by atomic mass is 32.2. The van der Waals surface area contributed by atoms with Gasteiger partial charge in [-0.15, -0.1) is 0 Å². The Balaban J connectivity index is 1.95. The highest BCUT2D eigenvalue weighted by Gasteiger charge is 2.20. The molecule has 0 aliphatic heterocycles. The fraction of sp³-hybridized carbons (Fsp3) is 0.381. The SMILES string of the molecule is CCCCCCC(=O)Nc1ccc(S(=O)(=O)N(C)Cc2ccccc2)cc1. The summed E-state index contributed by atoms with van der Waals surface area (Å²) in [4.78, 5) is 12.1. The molecule has 0 aromatic heterocycles. The Morgan fingerprint density at radius 2 is 1.63 bits per heavy atom. The van der Waals surface area contributed by atoms with Crippen LogP contribution in [0.2, 0.25) is 0 Å². The van der Waals surface area contributed by atoms with Gasteiger partial charge in [0.05, 0.1) is 4.90 Å². The van der Waals surface area contributed by atoms with E-state index in [0.717, 1.165) is 31.2 Å². The van der Waals surface area contributed by atoms with Gasteiger partial charge in [0.25, 0.3) is 0 Å². The zero-order chi connectivity index (χ0) is 19.7. The lowest BCUT2D eigenvalue weighted by molar-refractivity contribution is -0.116. The van der Waals surface area contributed by atoms with Crippen molar-refractivity contribution < 1.29 is 13.2 Å². The molecule has 0 saturated carbocycles. The third kappa shape index (κ3) is 6.48. The molecular weight excluding hydrogens is 360 g/mol. The van der Waals surface area contributed by atoms with Crippen LogP contribution in [0, 0.1) is 0 Å². The second-order valence-electron chi connectivity index (χ2n) is 6.63. The standard InChI is InChI=1S/C21H28N2O3S/c1-3-4-5-9-12-21(24)22-19-13-15-20(16-14-19)27(25,26)23(2)17-18-10-7-6-8-11-18/h6-8,10-11,13-16H,3-5,9,12,17H2,1-2H3,(H,22,24). The molecule has 0 aliphatic carbocycles. The first-order valence-corrected chi connectivity index (χ1v) is 10.8. The normalized spacial score (nSPS) is 11.5. The number of amides is 1. The van der Waals surface area contributed by atoms with Crippen LogP contribution in [0.4, 0.5) is 5.69 Å². The molecule has 0 saturated heterocycles. The molecule has 0 atom stereocenters. The smallest absolute Gasteiger partial charge is 0.243 e. The van der Waals surface area contributed by atoms with E-state index < -0.39 is 10.0 Å². The van der Waals surface area contributed by atoms with Gasteiger partial charge in [-0.1, -0.05) is 56.5 Å². The zero-order valence-corrected chi connectivity index (χ0v) is 16.8. The van der Waals surface area contributed by atoms with Gasteiger partial charge in [0.15, 0.2) is 0 Å². The fourth-order valence-corrected chi connectivity index (χ4v) is 3.91. The Morgan fingerprint density at radius 1 is 0.963 bits per heavy atom. The molecule has 0 aliphatic rings. The molecular formula is C21H28N2O3S. The molecule has 0 radical (unpaired) electrons. The summed E-state index contributed by atoms with van der Waals surface area (Å²) in [6.07, 6.45) is 4.68. The Hall–Kier alpha value is -2.18. The van der Waals surface area contributed by atoms with E-state index >= 15 is 0 Å². The number of nitrogens with zero attached hydrogens (tertiary/aromatic N) is 1. The quantitative estimate of drug-likeness (QED) is 0.613. The lowest BCUT2D eigenvalue weighted by Crippen LogP contribution is -2.26. The second kappa shape index (κ2) is 10.2. The predicted molar refractivity (Wildman–Crippen MR) is 109 cm³/mol. The number of carbonyl (C=O) groups is 1. The molecule has 6 heteroatoms. The summed E-state index contributed by atoms with van der Waals surface area (Å²) in [5.41, 5.74) is 1.54. The van der Waals surface area contributed by atoms with Crippen molar-refractivity contribution in [3.05, 3.63) is 60.2 Å². The number of sulfonamides is 1. The van der Waals surface area contributed by atoms with Crippen molar-refractivity contribution in [1.29, 1.82) is 0 Å². The van der Waals surface area contributed by atoms with Crippen molar-refractivity contribution in [2.45, 2.75) is 50.5 Å². The van der Waals surface area contributed by atoms with Gasteiger partial charge in [-0.2, -0.15) is 4.31 Å². The number of nitrogens with one attached hydrogen (secondary N) is 1. The van der Waals surface area contributed by atoms with Crippen LogP contribution in [0.5, 0.6) is 0 Å². The second-order valence-corrected chi connectivity index (χ2v) is 8.67. The largest absolute Gasteiger partial charge is 0.326 e. The number of carbonyl (C=O) groups excluding carboxylic acids is 1. The topological polar surface area (TPSA) is 66.5 Å². The molecule has 5 nitrogen and oxygen atoms in total. The van der Waals surface area contributed by atoms with Crippen molar-refractivity contribution in [3.63, 3.8) is 0 Å². The summed E-state index contributed by atoms with van der Waals surface area (Å²) >= 11 is 0. The number of rotatable bonds is 10. The number of hydrogen-bond donors (Lipinski definition) is 1. The van der Waals surface area contributed by atoms with E-state index in [2.05, 4.69) is 12.2 Å². The third-order valence-corrected chi connectivity index (χ3v) is 6.17. The third-order valence-electron chi connectivity index (χ3n) is 4.35. The summed E-state index contributed by atoms with van der Waals surface area (Å²) in [6.45, 7) is 2.44. The Bertz CT molecular complexity index is 818. The minimum atomic E-state index is -3.58. The van der Waals surface area contributed by atoms with Crippen LogP contribution in [0.25, 0.3) is 0 Å². The van der Waals surface area contributed by atoms with Gasteiger partial charge in [0.1, 0.15) is 0 Å². The van der Waals surface area contributed by atoms with Crippen LogP contribution in [-0.2, 0) is 21.4 Å². The van der Waals surface area contributed by atoms with Gasteiger partial charge in [-0.3, -0.25) is 4.79 Å². The van der Waals surface area contributed by atoms with Crippen LogP contribution in [0.3, 0.4) is 0 Å². The van der Waals surface area contributed by atoms with Crippen LogP contribution in [-0.4, -0.2) is 25.7 Å². The minimum Gasteiger partial charge on any atom is -0.326 e. The zero-order valence-electron chi connectivity index (χ0n) is 16.0. The summed E-state index contributed by atoms with van der Waals surface area (Å²) in [5.74, 6) is -0.0390. The molecule has 0 spiro atoms. The molecule has 27 heavy (non-hydrogen) atoms. The molecule has 0 heterocycles. The Kier molecular flexibility index (Phi) is 8.00. The van der Waals surface area contributed by atoms with Crippen LogP contribution in [0.1, 0.15) is 44.6 Å². The molecule has 0 unspecified atom stereocenters. The van der Waals surface area contributed by atoms with Gasteiger partial charge in [0.2, 0.25) is 15.9 Å². The maximum atomic E-state index is 12.7. The highest BCUT2D eigenvalue weighted by Crippen LogP contribution is 2.19. The van der Waals surface area contributed by atoms with E-state index in [1.165, 1.54) is 16.4 Å². The molecule has 146 valence electrons. The number of anilines is 1. The van der Waals surface area contributed by atoms with E-state index in [1.54, 1.807) is 19.2 Å². The Labute approximate surface area is 162 Å². The summed E-state index contributed by atoms with van der Waals surface area (Å²) < 4.78 is 26.7. The van der Waals surface area contributed by atoms with E-state index in [1.807, 2.05) is 30.3 Å². The lowest BCUT2D eigenvalue weighted by Gasteiger charge is -2.17. The highest BCUT2D eigenvalue weighted by molar-refractivity contribution is 7.89. The van der Waals surface area contributed by atoms with E-state index in [0.29, 0.717) is 18.7 Å². The summed E-state index contributed by atoms with van der Waals surface area (Å²) in [6, 6.07) is 15.8. The molecule has 2 aromatic carbocycles. The number of benzene rings is 2. The first kappa shape index (κ1) is 21.1. The predicted octanol–water partition coefficient (Wildman–Crippen LogP) is 4.42. The Morgan fingerprint density at radius 3 is 2.26 bits per heavy atom. The average Bonchev–Trinajstić information content (AvgIpc) is 2.66. The van der Waals surface area contributed by atoms with Gasteiger partial charge in [0, 0.05) is 25.7 Å². The van der Waals surface area contributed by atoms with Gasteiger partial charge >= 0.3 is 0 Å². The maximum absolute atomic E-state index is 12.7. The molecule has 1 N–H and O–H groups in total. The minimum absolute atomic E-state index is 0.0390. The van der Waals surface area contributed by atoms with E-state index in [4.69, 9.17) is 0 Å². The summed E-state index contributed by atoms with van der Waals surface area (Å²) in [5, 5.41) is 2.82. The first-order chi connectivity index (χ1) is 12.9. The van der Waals surface area contributed by atoms with Gasteiger partial charge in [-0.05, 0) is 36.2 Å². The average molecular weight is 389 g/mol. The van der Waals surface area contributed by atoms with Crippen molar-refractivity contribution in [2.75, 3.05) is 12.4 Å². The summed E-state index contributed by atoms with van der Waals surface area (Å²) in [7, 11) is -2.02. The maximum Gasteiger partial charge on any atom is 0.243 e. The monoisotopic (exact) mass is 388 g/mol. The van der Waals surface area contributed by atoms with Crippen LogP contribution < -0.4 is 5.32 Å². The first-order valence-electron chi connectivity index (χ1n) is 9.33. The van der Waals surface area contributed by atoms with Gasteiger partial charge in [-0.25, -0.2) is 8.42 Å².